The molecule has 1 atom stereocenters. The highest BCUT2D eigenvalue weighted by atomic mass is 32.1. The highest BCUT2D eigenvalue weighted by molar-refractivity contribution is 7.11. The molecule has 2 heterocycles. The summed E-state index contributed by atoms with van der Waals surface area (Å²) in [7, 11) is 2.70. The molecule has 0 unspecified atom stereocenters. The normalized spacial score (nSPS) is 16.3. The van der Waals surface area contributed by atoms with Crippen LogP contribution in [-0.2, 0) is 23.7 Å². The van der Waals surface area contributed by atoms with Crippen molar-refractivity contribution in [1.82, 2.24) is 9.88 Å². The Bertz CT molecular complexity index is 528. The number of likely N-dealkylation sites (N-methyl/N-ethyl adjacent to an activating group) is 1. The summed E-state index contributed by atoms with van der Waals surface area (Å²) in [4.78, 5) is 29.1. The van der Waals surface area contributed by atoms with E-state index in [9.17, 15) is 9.59 Å². The third kappa shape index (κ3) is 4.15. The number of carbonyl (C=O) groups is 2. The van der Waals surface area contributed by atoms with Crippen molar-refractivity contribution >= 4 is 23.4 Å². The lowest BCUT2D eigenvalue weighted by Gasteiger charge is -2.16. The van der Waals surface area contributed by atoms with Gasteiger partial charge in [-0.15, -0.1) is 11.3 Å². The van der Waals surface area contributed by atoms with Crippen molar-refractivity contribution in [3.05, 3.63) is 16.1 Å². The van der Waals surface area contributed by atoms with Crippen LogP contribution in [0.4, 0.5) is 4.79 Å². The Morgan fingerprint density at radius 3 is 2.82 bits per heavy atom. The Labute approximate surface area is 131 Å². The van der Waals surface area contributed by atoms with Crippen LogP contribution >= 0.6 is 11.3 Å². The molecule has 0 spiro atoms. The monoisotopic (exact) mass is 330 g/mol. The maximum Gasteiger partial charge on any atom is 0.409 e. The second-order valence-corrected chi connectivity index (χ2v) is 5.73. The summed E-state index contributed by atoms with van der Waals surface area (Å²) in [5.41, 5.74) is 0. The lowest BCUT2D eigenvalue weighted by atomic mass is 10.3. The molecule has 0 saturated carbocycles. The van der Waals surface area contributed by atoms with Crippen LogP contribution in [0.2, 0.25) is 0 Å². The molecular formula is C13H18N2O6S. The van der Waals surface area contributed by atoms with Crippen LogP contribution in [0.15, 0.2) is 6.20 Å². The third-order valence-electron chi connectivity index (χ3n) is 2.93. The summed E-state index contributed by atoms with van der Waals surface area (Å²) in [6, 6.07) is 0. The van der Waals surface area contributed by atoms with E-state index in [1.54, 1.807) is 13.1 Å². The number of thiazole rings is 1. The van der Waals surface area contributed by atoms with Gasteiger partial charge in [0, 0.05) is 13.2 Å². The minimum atomic E-state index is -0.597. The Balaban J connectivity index is 1.87. The summed E-state index contributed by atoms with van der Waals surface area (Å²) in [5, 5.41) is 0.696. The summed E-state index contributed by atoms with van der Waals surface area (Å²) in [6.07, 6.45) is 0.131. The van der Waals surface area contributed by atoms with Crippen LogP contribution in [-0.4, -0.2) is 55.9 Å². The zero-order chi connectivity index (χ0) is 16.1. The average molecular weight is 330 g/mol. The van der Waals surface area contributed by atoms with E-state index in [1.807, 2.05) is 0 Å². The van der Waals surface area contributed by atoms with E-state index in [0.717, 1.165) is 9.78 Å². The van der Waals surface area contributed by atoms with E-state index in [2.05, 4.69) is 9.72 Å². The number of esters is 1. The summed E-state index contributed by atoms with van der Waals surface area (Å²) in [6.45, 7) is 2.65. The molecule has 0 bridgehead atoms. The van der Waals surface area contributed by atoms with Gasteiger partial charge in [-0.1, -0.05) is 0 Å². The SMILES string of the molecule is COC(=O)N(C)CC(=O)O[C@@H](C)c1cnc(C2OCCO2)s1. The number of amides is 1. The van der Waals surface area contributed by atoms with Crippen LogP contribution in [0, 0.1) is 0 Å². The maximum absolute atomic E-state index is 11.8. The van der Waals surface area contributed by atoms with Crippen molar-refractivity contribution in [2.75, 3.05) is 33.9 Å². The molecule has 1 aromatic heterocycles. The standard InChI is InChI=1S/C13H18N2O6S/c1-8(21-10(16)7-15(2)13(17)18-3)9-6-14-11(22-9)12-19-4-5-20-12/h6,8,12H,4-5,7H2,1-3H3/t8-/m0/s1. The van der Waals surface area contributed by atoms with Crippen molar-refractivity contribution < 1.29 is 28.5 Å². The molecule has 8 nitrogen and oxygen atoms in total. The fraction of sp³-hybridized carbons (Fsp3) is 0.615. The third-order valence-corrected chi connectivity index (χ3v) is 4.11. The average Bonchev–Trinajstić information content (AvgIpc) is 3.16. The largest absolute Gasteiger partial charge is 0.456 e. The molecule has 0 radical (unpaired) electrons. The predicted octanol–water partition coefficient (Wildman–Crippen LogP) is 1.49. The Morgan fingerprint density at radius 1 is 1.50 bits per heavy atom. The predicted molar refractivity (Wildman–Crippen MR) is 76.3 cm³/mol. The molecule has 2 rings (SSSR count). The first-order chi connectivity index (χ1) is 10.5. The van der Waals surface area contributed by atoms with E-state index in [4.69, 9.17) is 14.2 Å². The van der Waals surface area contributed by atoms with Crippen molar-refractivity contribution in [3.63, 3.8) is 0 Å². The van der Waals surface area contributed by atoms with Crippen LogP contribution < -0.4 is 0 Å². The topological polar surface area (TPSA) is 87.2 Å². The van der Waals surface area contributed by atoms with Crippen molar-refractivity contribution in [2.24, 2.45) is 0 Å². The first-order valence-corrected chi connectivity index (χ1v) is 7.50. The number of methoxy groups -OCH3 is 1. The molecule has 22 heavy (non-hydrogen) atoms. The number of hydrogen-bond acceptors (Lipinski definition) is 8. The van der Waals surface area contributed by atoms with Crippen molar-refractivity contribution in [1.29, 1.82) is 0 Å². The molecule has 1 aliphatic heterocycles. The van der Waals surface area contributed by atoms with Gasteiger partial charge in [0.1, 0.15) is 17.7 Å². The van der Waals surface area contributed by atoms with E-state index >= 15 is 0 Å². The quantitative estimate of drug-likeness (QED) is 0.756. The molecule has 1 saturated heterocycles. The maximum atomic E-state index is 11.8. The van der Waals surface area contributed by atoms with E-state index < -0.39 is 24.5 Å². The number of hydrogen-bond donors (Lipinski definition) is 0. The molecule has 122 valence electrons. The van der Waals surface area contributed by atoms with Crippen molar-refractivity contribution in [2.45, 2.75) is 19.3 Å². The molecule has 0 N–H and O–H groups in total. The van der Waals surface area contributed by atoms with Gasteiger partial charge in [0.25, 0.3) is 0 Å². The number of nitrogens with zero attached hydrogens (tertiary/aromatic N) is 2. The van der Waals surface area contributed by atoms with Gasteiger partial charge >= 0.3 is 12.1 Å². The second kappa shape index (κ2) is 7.52. The van der Waals surface area contributed by atoms with Gasteiger partial charge in [0.15, 0.2) is 0 Å². The minimum Gasteiger partial charge on any atom is -0.456 e. The van der Waals surface area contributed by atoms with E-state index in [1.165, 1.54) is 25.5 Å². The Hall–Kier alpha value is -1.71. The fourth-order valence-electron chi connectivity index (χ4n) is 1.81. The van der Waals surface area contributed by atoms with Gasteiger partial charge in [-0.25, -0.2) is 9.78 Å². The minimum absolute atomic E-state index is 0.183. The molecule has 0 aliphatic carbocycles. The number of rotatable bonds is 5. The van der Waals surface area contributed by atoms with E-state index in [-0.39, 0.29) is 6.54 Å². The van der Waals surface area contributed by atoms with Crippen LogP contribution in [0.5, 0.6) is 0 Å². The molecule has 1 fully saturated rings. The molecule has 1 aliphatic rings. The van der Waals surface area contributed by atoms with Gasteiger partial charge in [0.2, 0.25) is 6.29 Å². The zero-order valence-corrected chi connectivity index (χ0v) is 13.4. The molecule has 1 aromatic rings. The smallest absolute Gasteiger partial charge is 0.409 e. The zero-order valence-electron chi connectivity index (χ0n) is 12.6. The van der Waals surface area contributed by atoms with Crippen LogP contribution in [0.25, 0.3) is 0 Å². The lowest BCUT2D eigenvalue weighted by Crippen LogP contribution is -2.33. The van der Waals surface area contributed by atoms with Gasteiger partial charge < -0.3 is 23.8 Å². The first-order valence-electron chi connectivity index (χ1n) is 6.68. The molecule has 0 aromatic carbocycles. The second-order valence-electron chi connectivity index (χ2n) is 4.63. The van der Waals surface area contributed by atoms with Crippen LogP contribution in [0.1, 0.15) is 29.2 Å². The van der Waals surface area contributed by atoms with Gasteiger partial charge in [-0.2, -0.15) is 0 Å². The highest BCUT2D eigenvalue weighted by Gasteiger charge is 2.24. The van der Waals surface area contributed by atoms with E-state index in [0.29, 0.717) is 18.2 Å². The van der Waals surface area contributed by atoms with Gasteiger partial charge in [-0.3, -0.25) is 4.79 Å². The Kier molecular flexibility index (Phi) is 5.69. The summed E-state index contributed by atoms with van der Waals surface area (Å²) >= 11 is 1.37. The highest BCUT2D eigenvalue weighted by Crippen LogP contribution is 2.31. The first kappa shape index (κ1) is 16.7. The lowest BCUT2D eigenvalue weighted by molar-refractivity contribution is -0.149. The molecular weight excluding hydrogens is 312 g/mol. The van der Waals surface area contributed by atoms with Crippen molar-refractivity contribution in [3.8, 4) is 0 Å². The number of carbonyl (C=O) groups excluding carboxylic acids is 2. The fourth-order valence-corrected chi connectivity index (χ4v) is 2.70. The van der Waals surface area contributed by atoms with Gasteiger partial charge in [0.05, 0.1) is 25.2 Å². The number of ether oxygens (including phenoxy) is 4. The summed E-state index contributed by atoms with van der Waals surface area (Å²) < 4.78 is 20.5. The number of aromatic nitrogens is 1. The van der Waals surface area contributed by atoms with Crippen LogP contribution in [0.3, 0.4) is 0 Å². The molecule has 1 amide bonds. The summed E-state index contributed by atoms with van der Waals surface area (Å²) in [5.74, 6) is -0.524. The van der Waals surface area contributed by atoms with Gasteiger partial charge in [-0.05, 0) is 6.92 Å². The molecule has 9 heteroatoms. The Morgan fingerprint density at radius 2 is 2.18 bits per heavy atom.